The standard InChI is InChI=1S/C19H17ClN2O2/c20-17-16(21-18(22-17)14-9-5-2-6-10-14)12-15(19(23)24)11-13-7-3-1-4-8-13/h1-10,15H,11-12H2,(H,21,22)(H,23,24). The van der Waals surface area contributed by atoms with Gasteiger partial charge in [-0.15, -0.1) is 0 Å². The SMILES string of the molecule is O=C(O)C(Cc1ccccc1)Cc1[nH]c(-c2ccccc2)nc1Cl. The van der Waals surface area contributed by atoms with Crippen molar-refractivity contribution in [2.24, 2.45) is 5.92 Å². The summed E-state index contributed by atoms with van der Waals surface area (Å²) in [7, 11) is 0. The van der Waals surface area contributed by atoms with Gasteiger partial charge >= 0.3 is 5.97 Å². The Bertz CT molecular complexity index is 816. The summed E-state index contributed by atoms with van der Waals surface area (Å²) < 4.78 is 0. The number of aliphatic carboxylic acids is 1. The summed E-state index contributed by atoms with van der Waals surface area (Å²) in [6.45, 7) is 0. The Morgan fingerprint density at radius 2 is 1.67 bits per heavy atom. The molecule has 0 aliphatic carbocycles. The van der Waals surface area contributed by atoms with Crippen molar-refractivity contribution < 1.29 is 9.90 Å². The van der Waals surface area contributed by atoms with Crippen molar-refractivity contribution in [3.63, 3.8) is 0 Å². The number of aromatic nitrogens is 2. The predicted molar refractivity (Wildman–Crippen MR) is 94.0 cm³/mol. The number of H-pyrrole nitrogens is 1. The highest BCUT2D eigenvalue weighted by Gasteiger charge is 2.22. The van der Waals surface area contributed by atoms with Gasteiger partial charge in [0.1, 0.15) is 5.82 Å². The molecule has 4 nitrogen and oxygen atoms in total. The molecule has 1 aromatic heterocycles. The fourth-order valence-corrected chi connectivity index (χ4v) is 2.86. The number of aromatic amines is 1. The Balaban J connectivity index is 1.80. The van der Waals surface area contributed by atoms with Gasteiger partial charge in [-0.05, 0) is 12.0 Å². The molecule has 2 aromatic carbocycles. The number of nitrogens with one attached hydrogen (secondary N) is 1. The van der Waals surface area contributed by atoms with Crippen LogP contribution in [0.5, 0.6) is 0 Å². The quantitative estimate of drug-likeness (QED) is 0.706. The number of hydrogen-bond acceptors (Lipinski definition) is 2. The summed E-state index contributed by atoms with van der Waals surface area (Å²) in [6.07, 6.45) is 0.759. The van der Waals surface area contributed by atoms with E-state index in [1.54, 1.807) is 0 Å². The van der Waals surface area contributed by atoms with Gasteiger partial charge in [0.15, 0.2) is 5.15 Å². The third-order valence-corrected chi connectivity index (χ3v) is 4.21. The van der Waals surface area contributed by atoms with E-state index in [0.29, 0.717) is 29.5 Å². The summed E-state index contributed by atoms with van der Waals surface area (Å²) in [5.41, 5.74) is 2.56. The van der Waals surface area contributed by atoms with Crippen molar-refractivity contribution in [2.75, 3.05) is 0 Å². The Morgan fingerprint density at radius 3 is 2.29 bits per heavy atom. The largest absolute Gasteiger partial charge is 0.481 e. The normalized spacial score (nSPS) is 12.0. The number of hydrogen-bond donors (Lipinski definition) is 2. The van der Waals surface area contributed by atoms with Crippen LogP contribution in [-0.2, 0) is 17.6 Å². The van der Waals surface area contributed by atoms with Crippen LogP contribution in [0.1, 0.15) is 11.3 Å². The molecule has 3 rings (SSSR count). The van der Waals surface area contributed by atoms with Gasteiger partial charge < -0.3 is 10.1 Å². The van der Waals surface area contributed by atoms with Crippen LogP contribution < -0.4 is 0 Å². The topological polar surface area (TPSA) is 66.0 Å². The zero-order valence-corrected chi connectivity index (χ0v) is 13.7. The van der Waals surface area contributed by atoms with E-state index in [-0.39, 0.29) is 0 Å². The zero-order valence-electron chi connectivity index (χ0n) is 12.9. The van der Waals surface area contributed by atoms with E-state index in [1.807, 2.05) is 60.7 Å². The van der Waals surface area contributed by atoms with Crippen LogP contribution in [0.2, 0.25) is 5.15 Å². The highest BCUT2D eigenvalue weighted by Crippen LogP contribution is 2.24. The third-order valence-electron chi connectivity index (χ3n) is 3.90. The lowest BCUT2D eigenvalue weighted by Gasteiger charge is -2.11. The number of rotatable bonds is 6. The molecule has 24 heavy (non-hydrogen) atoms. The minimum absolute atomic E-state index is 0.308. The fourth-order valence-electron chi connectivity index (χ4n) is 2.65. The predicted octanol–water partition coefficient (Wildman–Crippen LogP) is 4.22. The molecule has 122 valence electrons. The molecule has 0 saturated heterocycles. The molecule has 0 spiro atoms. The van der Waals surface area contributed by atoms with Gasteiger partial charge in [0.2, 0.25) is 0 Å². The first kappa shape index (κ1) is 16.3. The van der Waals surface area contributed by atoms with E-state index in [2.05, 4.69) is 9.97 Å². The Labute approximate surface area is 145 Å². The maximum atomic E-state index is 11.6. The van der Waals surface area contributed by atoms with E-state index < -0.39 is 11.9 Å². The lowest BCUT2D eigenvalue weighted by molar-refractivity contribution is -0.141. The molecule has 5 heteroatoms. The molecular weight excluding hydrogens is 324 g/mol. The van der Waals surface area contributed by atoms with Gasteiger partial charge in [0, 0.05) is 12.0 Å². The van der Waals surface area contributed by atoms with Crippen LogP contribution in [0, 0.1) is 5.92 Å². The summed E-state index contributed by atoms with van der Waals surface area (Å²) >= 11 is 6.21. The van der Waals surface area contributed by atoms with E-state index >= 15 is 0 Å². The highest BCUT2D eigenvalue weighted by atomic mass is 35.5. The number of imidazole rings is 1. The average molecular weight is 341 g/mol. The van der Waals surface area contributed by atoms with Crippen LogP contribution in [0.3, 0.4) is 0 Å². The zero-order chi connectivity index (χ0) is 16.9. The highest BCUT2D eigenvalue weighted by molar-refractivity contribution is 6.30. The molecule has 1 atom stereocenters. The number of carboxylic acid groups (broad SMARTS) is 1. The van der Waals surface area contributed by atoms with Gasteiger partial charge in [0.05, 0.1) is 11.6 Å². The number of halogens is 1. The van der Waals surface area contributed by atoms with Crippen LogP contribution in [0.15, 0.2) is 60.7 Å². The van der Waals surface area contributed by atoms with Crippen molar-refractivity contribution in [2.45, 2.75) is 12.8 Å². The molecule has 0 aliphatic rings. The van der Waals surface area contributed by atoms with E-state index in [1.165, 1.54) is 0 Å². The Morgan fingerprint density at radius 1 is 1.04 bits per heavy atom. The molecule has 0 fully saturated rings. The molecule has 1 heterocycles. The van der Waals surface area contributed by atoms with Gasteiger partial charge in [-0.3, -0.25) is 4.79 Å². The van der Waals surface area contributed by atoms with Crippen molar-refractivity contribution in [3.8, 4) is 11.4 Å². The summed E-state index contributed by atoms with van der Waals surface area (Å²) in [5.74, 6) is -0.751. The summed E-state index contributed by atoms with van der Waals surface area (Å²) in [4.78, 5) is 19.1. The van der Waals surface area contributed by atoms with Gasteiger partial charge in [0.25, 0.3) is 0 Å². The lowest BCUT2D eigenvalue weighted by atomic mass is 9.95. The smallest absolute Gasteiger partial charge is 0.307 e. The third kappa shape index (κ3) is 3.84. The van der Waals surface area contributed by atoms with Crippen molar-refractivity contribution in [3.05, 3.63) is 77.1 Å². The van der Waals surface area contributed by atoms with Crippen LogP contribution in [0.25, 0.3) is 11.4 Å². The second kappa shape index (κ2) is 7.32. The average Bonchev–Trinajstić information content (AvgIpc) is 2.97. The summed E-state index contributed by atoms with van der Waals surface area (Å²) in [5, 5.41) is 9.86. The monoisotopic (exact) mass is 340 g/mol. The van der Waals surface area contributed by atoms with Crippen molar-refractivity contribution in [1.82, 2.24) is 9.97 Å². The minimum Gasteiger partial charge on any atom is -0.481 e. The first-order valence-corrected chi connectivity index (χ1v) is 8.08. The van der Waals surface area contributed by atoms with Crippen LogP contribution >= 0.6 is 11.6 Å². The molecule has 3 aromatic rings. The van der Waals surface area contributed by atoms with Gasteiger partial charge in [-0.1, -0.05) is 72.3 Å². The van der Waals surface area contributed by atoms with E-state index in [9.17, 15) is 9.90 Å². The molecule has 0 bridgehead atoms. The lowest BCUT2D eigenvalue weighted by Crippen LogP contribution is -2.19. The van der Waals surface area contributed by atoms with Crippen LogP contribution in [0.4, 0.5) is 0 Å². The molecule has 0 aliphatic heterocycles. The van der Waals surface area contributed by atoms with Gasteiger partial charge in [-0.2, -0.15) is 0 Å². The second-order valence-corrected chi connectivity index (χ2v) is 6.01. The maximum absolute atomic E-state index is 11.6. The van der Waals surface area contributed by atoms with E-state index in [4.69, 9.17) is 11.6 Å². The molecule has 0 radical (unpaired) electrons. The maximum Gasteiger partial charge on any atom is 0.307 e. The second-order valence-electron chi connectivity index (χ2n) is 5.65. The first-order valence-electron chi connectivity index (χ1n) is 7.70. The molecule has 1 unspecified atom stereocenters. The Kier molecular flexibility index (Phi) is 4.96. The van der Waals surface area contributed by atoms with Crippen molar-refractivity contribution in [1.29, 1.82) is 0 Å². The molecule has 0 amide bonds. The fraction of sp³-hybridized carbons (Fsp3) is 0.158. The van der Waals surface area contributed by atoms with Crippen molar-refractivity contribution >= 4 is 17.6 Å². The van der Waals surface area contributed by atoms with E-state index in [0.717, 1.165) is 11.1 Å². The first-order chi connectivity index (χ1) is 11.6. The number of carboxylic acids is 1. The Hall–Kier alpha value is -2.59. The number of carbonyl (C=O) groups is 1. The summed E-state index contributed by atoms with van der Waals surface area (Å²) in [6, 6.07) is 19.2. The molecular formula is C19H17ClN2O2. The molecule has 0 saturated carbocycles. The minimum atomic E-state index is -0.842. The number of benzene rings is 2. The number of nitrogens with zero attached hydrogens (tertiary/aromatic N) is 1. The van der Waals surface area contributed by atoms with Gasteiger partial charge in [-0.25, -0.2) is 4.98 Å². The molecule has 2 N–H and O–H groups in total. The van der Waals surface area contributed by atoms with Crippen LogP contribution in [-0.4, -0.2) is 21.0 Å².